The van der Waals surface area contributed by atoms with Gasteiger partial charge in [0.15, 0.2) is 0 Å². The zero-order valence-corrected chi connectivity index (χ0v) is 8.74. The van der Waals surface area contributed by atoms with Crippen molar-refractivity contribution in [2.75, 3.05) is 6.54 Å². The number of piperidine rings is 2. The van der Waals surface area contributed by atoms with E-state index in [1.807, 2.05) is 0 Å². The number of ketones is 1. The quantitative estimate of drug-likeness (QED) is 0.634. The predicted molar refractivity (Wildman–Crippen MR) is 55.1 cm³/mol. The monoisotopic (exact) mass is 193 g/mol. The predicted octanol–water partition coefficient (Wildman–Crippen LogP) is 1.98. The molecular weight excluding hydrogens is 174 g/mol. The first-order valence-corrected chi connectivity index (χ1v) is 6.13. The van der Waals surface area contributed by atoms with E-state index in [0.29, 0.717) is 11.8 Å². The number of hydrogen-bond acceptors (Lipinski definition) is 2. The molecule has 78 valence electrons. The molecule has 2 saturated heterocycles. The summed E-state index contributed by atoms with van der Waals surface area (Å²) in [4.78, 5) is 14.3. The topological polar surface area (TPSA) is 20.3 Å². The molecule has 1 unspecified atom stereocenters. The first kappa shape index (κ1) is 8.90. The van der Waals surface area contributed by atoms with E-state index in [1.54, 1.807) is 0 Å². The summed E-state index contributed by atoms with van der Waals surface area (Å²) in [5, 5.41) is 0. The lowest BCUT2D eigenvalue weighted by atomic mass is 9.79. The highest BCUT2D eigenvalue weighted by atomic mass is 16.1. The number of carbonyl (C=O) groups excluding carboxylic acids is 1. The number of carbonyl (C=O) groups is 1. The van der Waals surface area contributed by atoms with Gasteiger partial charge in [-0.3, -0.25) is 9.69 Å². The van der Waals surface area contributed by atoms with Crippen LogP contribution in [-0.2, 0) is 4.79 Å². The Morgan fingerprint density at radius 3 is 2.36 bits per heavy atom. The molecule has 4 aliphatic rings. The van der Waals surface area contributed by atoms with Crippen molar-refractivity contribution in [3.63, 3.8) is 0 Å². The van der Waals surface area contributed by atoms with E-state index in [1.165, 1.54) is 32.2 Å². The normalized spacial score (nSPS) is 43.4. The molecular formula is C12H19NO. The molecule has 4 fully saturated rings. The molecule has 2 bridgehead atoms. The number of nitrogens with zero attached hydrogens (tertiary/aromatic N) is 1. The molecule has 0 radical (unpaired) electrons. The smallest absolute Gasteiger partial charge is 0.149 e. The molecule has 2 heterocycles. The summed E-state index contributed by atoms with van der Waals surface area (Å²) in [6.45, 7) is 1.22. The van der Waals surface area contributed by atoms with Gasteiger partial charge in [-0.25, -0.2) is 0 Å². The largest absolute Gasteiger partial charge is 0.298 e. The fraction of sp³-hybridized carbons (Fsp3) is 0.917. The van der Waals surface area contributed by atoms with Gasteiger partial charge < -0.3 is 0 Å². The molecule has 1 atom stereocenters. The van der Waals surface area contributed by atoms with Crippen molar-refractivity contribution in [1.82, 2.24) is 4.90 Å². The lowest BCUT2D eigenvalue weighted by Gasteiger charge is -2.47. The van der Waals surface area contributed by atoms with E-state index in [0.717, 1.165) is 31.2 Å². The summed E-state index contributed by atoms with van der Waals surface area (Å²) >= 11 is 0. The summed E-state index contributed by atoms with van der Waals surface area (Å²) in [5.74, 6) is 1.44. The second-order valence-electron chi connectivity index (χ2n) is 5.25. The molecule has 0 amide bonds. The minimum absolute atomic E-state index is 0.322. The Labute approximate surface area is 85.7 Å². The van der Waals surface area contributed by atoms with Gasteiger partial charge in [0.05, 0.1) is 6.04 Å². The highest BCUT2D eigenvalue weighted by molar-refractivity contribution is 5.86. The summed E-state index contributed by atoms with van der Waals surface area (Å²) < 4.78 is 0. The Bertz CT molecular complexity index is 243. The minimum Gasteiger partial charge on any atom is -0.298 e. The highest BCUT2D eigenvalue weighted by Crippen LogP contribution is 2.38. The standard InChI is InChI=1S/C12H19NO/c14-12-3-1-2-11(12)13-8-9-4-6-10(13)7-5-9/h9-11H,1-8H2. The van der Waals surface area contributed by atoms with E-state index in [-0.39, 0.29) is 0 Å². The Hall–Kier alpha value is -0.370. The average Bonchev–Trinajstić information content (AvgIpc) is 2.66. The molecule has 0 aromatic rings. The van der Waals surface area contributed by atoms with Crippen LogP contribution in [0.3, 0.4) is 0 Å². The van der Waals surface area contributed by atoms with Crippen molar-refractivity contribution >= 4 is 5.78 Å². The summed E-state index contributed by atoms with van der Waals surface area (Å²) in [6.07, 6.45) is 8.67. The van der Waals surface area contributed by atoms with Crippen LogP contribution in [0.2, 0.25) is 0 Å². The van der Waals surface area contributed by atoms with Crippen LogP contribution in [-0.4, -0.2) is 29.3 Å². The minimum atomic E-state index is 0.322. The third-order valence-corrected chi connectivity index (χ3v) is 4.43. The van der Waals surface area contributed by atoms with Crippen LogP contribution in [0.5, 0.6) is 0 Å². The summed E-state index contributed by atoms with van der Waals surface area (Å²) in [5.41, 5.74) is 0. The molecule has 2 aliphatic carbocycles. The molecule has 4 rings (SSSR count). The van der Waals surface area contributed by atoms with Crippen LogP contribution in [0.1, 0.15) is 44.9 Å². The third kappa shape index (κ3) is 1.31. The second kappa shape index (κ2) is 3.34. The number of Topliss-reactive ketones (excluding diaryl/α,β-unsaturated/α-hetero) is 1. The van der Waals surface area contributed by atoms with Gasteiger partial charge >= 0.3 is 0 Å². The lowest BCUT2D eigenvalue weighted by Crippen LogP contribution is -2.53. The molecule has 0 aromatic heterocycles. The van der Waals surface area contributed by atoms with Crippen LogP contribution in [0.25, 0.3) is 0 Å². The van der Waals surface area contributed by atoms with Crippen molar-refractivity contribution in [3.05, 3.63) is 0 Å². The maximum atomic E-state index is 11.7. The second-order valence-corrected chi connectivity index (χ2v) is 5.25. The fourth-order valence-electron chi connectivity index (χ4n) is 3.64. The summed E-state index contributed by atoms with van der Waals surface area (Å²) in [6, 6.07) is 1.08. The van der Waals surface area contributed by atoms with Gasteiger partial charge in [-0.1, -0.05) is 0 Å². The first-order valence-electron chi connectivity index (χ1n) is 6.13. The highest BCUT2D eigenvalue weighted by Gasteiger charge is 2.40. The molecule has 14 heavy (non-hydrogen) atoms. The van der Waals surface area contributed by atoms with Crippen molar-refractivity contribution in [3.8, 4) is 0 Å². The molecule has 2 nitrogen and oxygen atoms in total. The van der Waals surface area contributed by atoms with Gasteiger partial charge in [-0.05, 0) is 44.4 Å². The van der Waals surface area contributed by atoms with Crippen LogP contribution >= 0.6 is 0 Å². The van der Waals surface area contributed by atoms with Gasteiger partial charge in [0.1, 0.15) is 5.78 Å². The number of rotatable bonds is 1. The Balaban J connectivity index is 1.75. The van der Waals surface area contributed by atoms with E-state index in [9.17, 15) is 4.79 Å². The lowest BCUT2D eigenvalue weighted by molar-refractivity contribution is -0.124. The van der Waals surface area contributed by atoms with Crippen molar-refractivity contribution in [2.45, 2.75) is 57.0 Å². The zero-order chi connectivity index (χ0) is 9.54. The van der Waals surface area contributed by atoms with E-state index < -0.39 is 0 Å². The zero-order valence-electron chi connectivity index (χ0n) is 8.74. The Morgan fingerprint density at radius 1 is 1.07 bits per heavy atom. The van der Waals surface area contributed by atoms with Crippen molar-refractivity contribution < 1.29 is 4.79 Å². The maximum absolute atomic E-state index is 11.7. The molecule has 2 saturated carbocycles. The first-order chi connectivity index (χ1) is 6.84. The van der Waals surface area contributed by atoms with E-state index >= 15 is 0 Å². The fourth-order valence-corrected chi connectivity index (χ4v) is 3.64. The van der Waals surface area contributed by atoms with E-state index in [2.05, 4.69) is 4.90 Å². The van der Waals surface area contributed by atoms with Crippen LogP contribution < -0.4 is 0 Å². The van der Waals surface area contributed by atoms with Crippen LogP contribution in [0.15, 0.2) is 0 Å². The number of fused-ring (bicyclic) bond motifs is 3. The molecule has 0 aromatic carbocycles. The molecule has 0 N–H and O–H groups in total. The van der Waals surface area contributed by atoms with Gasteiger partial charge in [0.25, 0.3) is 0 Å². The van der Waals surface area contributed by atoms with Gasteiger partial charge in [-0.2, -0.15) is 0 Å². The maximum Gasteiger partial charge on any atom is 0.149 e. The van der Waals surface area contributed by atoms with Gasteiger partial charge in [0, 0.05) is 19.0 Å². The molecule has 2 heteroatoms. The SMILES string of the molecule is O=C1CCCC1N1CC2CCC1CC2. The van der Waals surface area contributed by atoms with E-state index in [4.69, 9.17) is 0 Å². The third-order valence-electron chi connectivity index (χ3n) is 4.43. The average molecular weight is 193 g/mol. The van der Waals surface area contributed by atoms with Gasteiger partial charge in [0.2, 0.25) is 0 Å². The van der Waals surface area contributed by atoms with Crippen molar-refractivity contribution in [1.29, 1.82) is 0 Å². The Kier molecular flexibility index (Phi) is 2.12. The molecule has 0 spiro atoms. The van der Waals surface area contributed by atoms with Crippen LogP contribution in [0.4, 0.5) is 0 Å². The van der Waals surface area contributed by atoms with Gasteiger partial charge in [-0.15, -0.1) is 0 Å². The number of hydrogen-bond donors (Lipinski definition) is 0. The van der Waals surface area contributed by atoms with Crippen molar-refractivity contribution in [2.24, 2.45) is 5.92 Å². The summed E-state index contributed by atoms with van der Waals surface area (Å²) in [7, 11) is 0. The Morgan fingerprint density at radius 2 is 1.86 bits per heavy atom. The molecule has 2 aliphatic heterocycles. The van der Waals surface area contributed by atoms with Crippen LogP contribution in [0, 0.1) is 5.92 Å².